The number of benzene rings is 1. The van der Waals surface area contributed by atoms with Gasteiger partial charge in [-0.15, -0.1) is 0 Å². The van der Waals surface area contributed by atoms with Gasteiger partial charge < -0.3 is 20.7 Å². The monoisotopic (exact) mass is 333 g/mol. The largest absolute Gasteiger partial charge is 0.368 e. The van der Waals surface area contributed by atoms with E-state index < -0.39 is 5.60 Å². The Morgan fingerprint density at radius 2 is 2.00 bits per heavy atom. The topological polar surface area (TPSA) is 79.5 Å². The fraction of sp³-hybridized carbons (Fsp3) is 0.556. The van der Waals surface area contributed by atoms with Crippen molar-refractivity contribution >= 4 is 11.8 Å². The molecule has 0 unspecified atom stereocenters. The Morgan fingerprint density at radius 1 is 1.25 bits per heavy atom. The molecule has 1 aliphatic rings. The molecular weight excluding hydrogens is 306 g/mol. The molecule has 0 aromatic heterocycles. The molecule has 0 saturated carbocycles. The highest BCUT2D eigenvalue weighted by molar-refractivity contribution is 5.94. The van der Waals surface area contributed by atoms with Crippen LogP contribution in [0.4, 0.5) is 0 Å². The molecule has 1 aromatic carbocycles. The van der Waals surface area contributed by atoms with E-state index in [-0.39, 0.29) is 11.8 Å². The molecule has 0 aliphatic carbocycles. The molecular formula is C18H27N3O3. The van der Waals surface area contributed by atoms with Crippen LogP contribution in [-0.2, 0) is 16.1 Å². The molecule has 1 saturated heterocycles. The van der Waals surface area contributed by atoms with Crippen molar-refractivity contribution in [2.45, 2.75) is 38.3 Å². The Balaban J connectivity index is 1.96. The SMILES string of the molecule is CCCNC(=O)c1cccc(CNC(=O)C2(OC)CCNCC2)c1. The van der Waals surface area contributed by atoms with E-state index in [1.807, 2.05) is 25.1 Å². The highest BCUT2D eigenvalue weighted by Crippen LogP contribution is 2.22. The first kappa shape index (κ1) is 18.4. The van der Waals surface area contributed by atoms with Crippen LogP contribution in [0.5, 0.6) is 0 Å². The number of hydrogen-bond acceptors (Lipinski definition) is 4. The summed E-state index contributed by atoms with van der Waals surface area (Å²) in [4.78, 5) is 24.6. The third-order valence-electron chi connectivity index (χ3n) is 4.39. The number of methoxy groups -OCH3 is 1. The molecule has 1 aliphatic heterocycles. The molecule has 2 amide bonds. The Labute approximate surface area is 143 Å². The molecule has 6 nitrogen and oxygen atoms in total. The summed E-state index contributed by atoms with van der Waals surface area (Å²) in [5.74, 6) is -0.177. The van der Waals surface area contributed by atoms with Crippen molar-refractivity contribution in [2.24, 2.45) is 0 Å². The van der Waals surface area contributed by atoms with E-state index in [0.29, 0.717) is 31.5 Å². The maximum Gasteiger partial charge on any atom is 0.252 e. The fourth-order valence-corrected chi connectivity index (χ4v) is 2.86. The van der Waals surface area contributed by atoms with Gasteiger partial charge in [-0.05, 0) is 50.0 Å². The third kappa shape index (κ3) is 4.55. The van der Waals surface area contributed by atoms with Crippen molar-refractivity contribution in [3.63, 3.8) is 0 Å². The van der Waals surface area contributed by atoms with Gasteiger partial charge in [0.1, 0.15) is 5.60 Å². The number of carbonyl (C=O) groups is 2. The van der Waals surface area contributed by atoms with E-state index in [1.165, 1.54) is 0 Å². The van der Waals surface area contributed by atoms with E-state index in [4.69, 9.17) is 4.74 Å². The number of rotatable bonds is 7. The van der Waals surface area contributed by atoms with E-state index in [0.717, 1.165) is 25.1 Å². The number of ether oxygens (including phenoxy) is 1. The van der Waals surface area contributed by atoms with Crippen LogP contribution < -0.4 is 16.0 Å². The Kier molecular flexibility index (Phi) is 6.75. The lowest BCUT2D eigenvalue weighted by atomic mass is 9.91. The molecule has 1 heterocycles. The van der Waals surface area contributed by atoms with Crippen molar-refractivity contribution in [2.75, 3.05) is 26.7 Å². The second-order valence-electron chi connectivity index (χ2n) is 6.09. The summed E-state index contributed by atoms with van der Waals surface area (Å²) in [6.07, 6.45) is 2.22. The Hall–Kier alpha value is -1.92. The van der Waals surface area contributed by atoms with Crippen LogP contribution >= 0.6 is 0 Å². The highest BCUT2D eigenvalue weighted by atomic mass is 16.5. The zero-order valence-electron chi connectivity index (χ0n) is 14.5. The van der Waals surface area contributed by atoms with Gasteiger partial charge in [-0.1, -0.05) is 19.1 Å². The van der Waals surface area contributed by atoms with Gasteiger partial charge in [-0.2, -0.15) is 0 Å². The summed E-state index contributed by atoms with van der Waals surface area (Å²) in [5.41, 5.74) is 0.757. The lowest BCUT2D eigenvalue weighted by molar-refractivity contribution is -0.146. The van der Waals surface area contributed by atoms with Gasteiger partial charge in [0.2, 0.25) is 0 Å². The van der Waals surface area contributed by atoms with Crippen LogP contribution in [0.25, 0.3) is 0 Å². The van der Waals surface area contributed by atoms with Crippen molar-refractivity contribution in [3.8, 4) is 0 Å². The maximum absolute atomic E-state index is 12.5. The van der Waals surface area contributed by atoms with Gasteiger partial charge in [0.05, 0.1) is 0 Å². The predicted molar refractivity (Wildman–Crippen MR) is 92.8 cm³/mol. The molecule has 2 rings (SSSR count). The first-order valence-corrected chi connectivity index (χ1v) is 8.52. The molecule has 0 bridgehead atoms. The quantitative estimate of drug-likeness (QED) is 0.701. The molecule has 1 aromatic rings. The minimum atomic E-state index is -0.749. The summed E-state index contributed by atoms with van der Waals surface area (Å²) >= 11 is 0. The van der Waals surface area contributed by atoms with E-state index >= 15 is 0 Å². The van der Waals surface area contributed by atoms with Crippen LogP contribution in [0.3, 0.4) is 0 Å². The summed E-state index contributed by atoms with van der Waals surface area (Å²) in [7, 11) is 1.59. The van der Waals surface area contributed by atoms with Crippen molar-refractivity contribution < 1.29 is 14.3 Å². The van der Waals surface area contributed by atoms with E-state index in [2.05, 4.69) is 16.0 Å². The third-order valence-corrected chi connectivity index (χ3v) is 4.39. The number of carbonyl (C=O) groups excluding carboxylic acids is 2. The van der Waals surface area contributed by atoms with Gasteiger partial charge in [0.25, 0.3) is 11.8 Å². The zero-order chi connectivity index (χ0) is 17.4. The second-order valence-corrected chi connectivity index (χ2v) is 6.09. The van der Waals surface area contributed by atoms with Gasteiger partial charge in [0, 0.05) is 25.8 Å². The standard InChI is InChI=1S/C18H27N3O3/c1-3-9-20-16(22)15-6-4-5-14(12-15)13-21-17(23)18(24-2)7-10-19-11-8-18/h4-6,12,19H,3,7-11,13H2,1-2H3,(H,20,22)(H,21,23). The molecule has 3 N–H and O–H groups in total. The highest BCUT2D eigenvalue weighted by Gasteiger charge is 2.39. The van der Waals surface area contributed by atoms with Crippen molar-refractivity contribution in [1.82, 2.24) is 16.0 Å². The molecule has 132 valence electrons. The lowest BCUT2D eigenvalue weighted by Crippen LogP contribution is -2.53. The maximum atomic E-state index is 12.5. The average Bonchev–Trinajstić information content (AvgIpc) is 2.64. The Bertz CT molecular complexity index is 568. The number of nitrogens with one attached hydrogen (secondary N) is 3. The number of amides is 2. The molecule has 6 heteroatoms. The zero-order valence-corrected chi connectivity index (χ0v) is 14.5. The van der Waals surface area contributed by atoms with Gasteiger partial charge in [-0.3, -0.25) is 9.59 Å². The summed E-state index contributed by atoms with van der Waals surface area (Å²) in [5, 5.41) is 9.04. The van der Waals surface area contributed by atoms with Crippen LogP contribution in [-0.4, -0.2) is 44.2 Å². The molecule has 0 radical (unpaired) electrons. The van der Waals surface area contributed by atoms with Crippen LogP contribution in [0, 0.1) is 0 Å². The minimum absolute atomic E-state index is 0.0863. The van der Waals surface area contributed by atoms with Gasteiger partial charge >= 0.3 is 0 Å². The number of piperidine rings is 1. The van der Waals surface area contributed by atoms with Crippen molar-refractivity contribution in [3.05, 3.63) is 35.4 Å². The summed E-state index contributed by atoms with van der Waals surface area (Å²) < 4.78 is 5.52. The number of hydrogen-bond donors (Lipinski definition) is 3. The molecule has 0 spiro atoms. The normalized spacial score (nSPS) is 16.4. The Morgan fingerprint density at radius 3 is 2.67 bits per heavy atom. The average molecular weight is 333 g/mol. The second kappa shape index (κ2) is 8.80. The van der Waals surface area contributed by atoms with Gasteiger partial charge in [0.15, 0.2) is 0 Å². The smallest absolute Gasteiger partial charge is 0.252 e. The first-order valence-electron chi connectivity index (χ1n) is 8.52. The van der Waals surface area contributed by atoms with Crippen LogP contribution in [0.1, 0.15) is 42.1 Å². The van der Waals surface area contributed by atoms with E-state index in [1.54, 1.807) is 13.2 Å². The van der Waals surface area contributed by atoms with E-state index in [9.17, 15) is 9.59 Å². The lowest BCUT2D eigenvalue weighted by Gasteiger charge is -2.34. The summed E-state index contributed by atoms with van der Waals surface area (Å²) in [6.45, 7) is 4.60. The summed E-state index contributed by atoms with van der Waals surface area (Å²) in [6, 6.07) is 7.32. The molecule has 0 atom stereocenters. The first-order chi connectivity index (χ1) is 11.6. The fourth-order valence-electron chi connectivity index (χ4n) is 2.86. The predicted octanol–water partition coefficient (Wildman–Crippen LogP) is 1.21. The van der Waals surface area contributed by atoms with Gasteiger partial charge in [-0.25, -0.2) is 0 Å². The molecule has 24 heavy (non-hydrogen) atoms. The molecule has 1 fully saturated rings. The van der Waals surface area contributed by atoms with Crippen LogP contribution in [0.15, 0.2) is 24.3 Å². The minimum Gasteiger partial charge on any atom is -0.368 e. The van der Waals surface area contributed by atoms with Crippen molar-refractivity contribution in [1.29, 1.82) is 0 Å². The van der Waals surface area contributed by atoms with Crippen LogP contribution in [0.2, 0.25) is 0 Å².